The number of hydrogen-bond donors (Lipinski definition) is 4. The van der Waals surface area contributed by atoms with Crippen LogP contribution in [0.1, 0.15) is 23.2 Å². The highest BCUT2D eigenvalue weighted by Crippen LogP contribution is 2.34. The summed E-state index contributed by atoms with van der Waals surface area (Å²) < 4.78 is 43.6. The number of methoxy groups -OCH3 is 2. The van der Waals surface area contributed by atoms with Crippen molar-refractivity contribution in [3.63, 3.8) is 0 Å². The Morgan fingerprint density at radius 3 is 2.33 bits per heavy atom. The number of aromatic nitrogens is 3. The van der Waals surface area contributed by atoms with E-state index >= 15 is 0 Å². The van der Waals surface area contributed by atoms with Gasteiger partial charge < -0.3 is 19.3 Å². The second kappa shape index (κ2) is 14.5. The van der Waals surface area contributed by atoms with Crippen LogP contribution in [0.3, 0.4) is 0 Å². The first-order chi connectivity index (χ1) is 21.5. The minimum Gasteiger partial charge on any atom is -0.481 e. The molecule has 0 radical (unpaired) electrons. The molecule has 17 heteroatoms. The molecular formula is C28H27ClN6O9S. The number of carbonyl (C=O) groups is 3. The molecule has 5 rings (SSSR count). The maximum absolute atomic E-state index is 12.3. The number of ether oxygens (including phenoxy) is 3. The first kappa shape index (κ1) is 32.7. The zero-order valence-electron chi connectivity index (χ0n) is 23.8. The number of nitrogens with one attached hydrogen (secondary N) is 3. The number of aliphatic carboxylic acids is 1. The molecular weight excluding hydrogens is 632 g/mol. The van der Waals surface area contributed by atoms with Crippen molar-refractivity contribution in [3.05, 3.63) is 71.4 Å². The van der Waals surface area contributed by atoms with E-state index < -0.39 is 28.8 Å². The van der Waals surface area contributed by atoms with Crippen LogP contribution in [0.15, 0.2) is 60.8 Å². The fourth-order valence-electron chi connectivity index (χ4n) is 3.81. The molecule has 15 nitrogen and oxygen atoms in total. The van der Waals surface area contributed by atoms with E-state index in [0.29, 0.717) is 16.3 Å². The van der Waals surface area contributed by atoms with Gasteiger partial charge in [-0.25, -0.2) is 14.3 Å². The normalized spacial score (nSPS) is 12.2. The van der Waals surface area contributed by atoms with Gasteiger partial charge in [-0.2, -0.15) is 18.4 Å². The Morgan fingerprint density at radius 2 is 1.69 bits per heavy atom. The molecule has 0 unspecified atom stereocenters. The fraction of sp³-hybridized carbons (Fsp3) is 0.214. The van der Waals surface area contributed by atoms with Crippen LogP contribution in [0, 0.1) is 5.92 Å². The summed E-state index contributed by atoms with van der Waals surface area (Å²) in [7, 11) is -1.61. The Bertz CT molecular complexity index is 1810. The summed E-state index contributed by atoms with van der Waals surface area (Å²) in [6.07, 6.45) is 3.17. The van der Waals surface area contributed by atoms with Crippen LogP contribution in [0.4, 0.5) is 16.4 Å². The third kappa shape index (κ3) is 9.14. The lowest BCUT2D eigenvalue weighted by molar-refractivity contribution is -0.139. The van der Waals surface area contributed by atoms with Crippen LogP contribution < -0.4 is 29.0 Å². The molecule has 2 heterocycles. The number of fused-ring (bicyclic) bond motifs is 1. The second-order valence-electron chi connectivity index (χ2n) is 9.25. The van der Waals surface area contributed by atoms with Crippen molar-refractivity contribution in [3.8, 4) is 17.5 Å². The molecule has 2 aromatic carbocycles. The van der Waals surface area contributed by atoms with Gasteiger partial charge in [-0.3, -0.25) is 19.8 Å². The van der Waals surface area contributed by atoms with Crippen molar-refractivity contribution in [2.75, 3.05) is 30.9 Å². The third-order valence-electron chi connectivity index (χ3n) is 5.97. The maximum Gasteiger partial charge on any atom is 0.341 e. The number of benzene rings is 2. The fourth-order valence-corrected chi connectivity index (χ4v) is 4.84. The Morgan fingerprint density at radius 1 is 1.00 bits per heavy atom. The quantitative estimate of drug-likeness (QED) is 0.169. The Kier molecular flexibility index (Phi) is 10.5. The van der Waals surface area contributed by atoms with E-state index in [-0.39, 0.29) is 40.7 Å². The summed E-state index contributed by atoms with van der Waals surface area (Å²) in [6.45, 7) is -0.396. The number of Topliss-reactive ketones (excluding diaryl/α,β-unsaturated/α-hetero) is 1. The first-order valence-corrected chi connectivity index (χ1v) is 15.0. The third-order valence-corrected chi connectivity index (χ3v) is 7.24. The number of anilines is 2. The molecule has 45 heavy (non-hydrogen) atoms. The smallest absolute Gasteiger partial charge is 0.341 e. The van der Waals surface area contributed by atoms with Crippen molar-refractivity contribution in [2.45, 2.75) is 12.8 Å². The van der Waals surface area contributed by atoms with Crippen LogP contribution in [0.2, 0.25) is 5.02 Å². The zero-order valence-corrected chi connectivity index (χ0v) is 25.4. The molecule has 1 saturated carbocycles. The van der Waals surface area contributed by atoms with Crippen molar-refractivity contribution in [1.82, 2.24) is 19.7 Å². The van der Waals surface area contributed by atoms with Gasteiger partial charge in [0.2, 0.25) is 17.7 Å². The number of hydrogen-bond acceptors (Lipinski definition) is 11. The minimum atomic E-state index is -4.33. The standard InChI is InChI=1S/C17H19N5O6S.C11H8ClNO3/c1-27-13-9-14(28-2)19-16(18-13)20-17(24)22-29(25,26)21-12-6-4-3-5-11(12)15(23)10-7-8-10;12-8-3-4-9(16-6-10(14)15)11-7(8)2-1-5-13-11/h3-6,9-10,21H,7-8H2,1-2H3,(H2,18,19,20,22,24);1-5H,6H2,(H,14,15). The topological polar surface area (TPSA) is 208 Å². The number of rotatable bonds is 11. The van der Waals surface area contributed by atoms with Gasteiger partial charge in [0.1, 0.15) is 11.3 Å². The van der Waals surface area contributed by atoms with E-state index in [1.54, 1.807) is 47.3 Å². The summed E-state index contributed by atoms with van der Waals surface area (Å²) >= 11 is 5.98. The number of nitrogens with zero attached hydrogens (tertiary/aromatic N) is 3. The number of carboxylic acid groups (broad SMARTS) is 1. The van der Waals surface area contributed by atoms with E-state index in [0.717, 1.165) is 18.2 Å². The van der Waals surface area contributed by atoms with E-state index in [4.69, 9.17) is 30.9 Å². The van der Waals surface area contributed by atoms with E-state index in [2.05, 4.69) is 25.0 Å². The number of ketones is 1. The first-order valence-electron chi connectivity index (χ1n) is 13.1. The number of carbonyl (C=O) groups excluding carboxylic acids is 2. The number of pyridine rings is 1. The molecule has 0 saturated heterocycles. The largest absolute Gasteiger partial charge is 0.481 e. The molecule has 1 aliphatic carbocycles. The molecule has 236 valence electrons. The molecule has 2 aromatic heterocycles. The van der Waals surface area contributed by atoms with Gasteiger partial charge in [-0.15, -0.1) is 0 Å². The molecule has 2 amide bonds. The minimum absolute atomic E-state index is 0.0860. The Hall–Kier alpha value is -5.22. The maximum atomic E-state index is 12.3. The molecule has 0 spiro atoms. The lowest BCUT2D eigenvalue weighted by Gasteiger charge is -2.13. The molecule has 0 atom stereocenters. The van der Waals surface area contributed by atoms with Gasteiger partial charge in [0, 0.05) is 23.1 Å². The number of carboxylic acids is 1. The molecule has 1 fully saturated rings. The summed E-state index contributed by atoms with van der Waals surface area (Å²) in [5, 5.41) is 12.0. The second-order valence-corrected chi connectivity index (χ2v) is 11.1. The summed E-state index contributed by atoms with van der Waals surface area (Å²) in [6, 6.07) is 13.3. The number of urea groups is 1. The lowest BCUT2D eigenvalue weighted by atomic mass is 10.1. The van der Waals surface area contributed by atoms with E-state index in [1.807, 2.05) is 0 Å². The Balaban J connectivity index is 0.000000242. The SMILES string of the molecule is COc1cc(OC)nc(NC(=O)NS(=O)(=O)Nc2ccccc2C(=O)C2CC2)n1.O=C(O)COc1ccc(Cl)c2cccnc12. The predicted octanol–water partition coefficient (Wildman–Crippen LogP) is 3.92. The number of amides is 2. The van der Waals surface area contributed by atoms with E-state index in [9.17, 15) is 22.8 Å². The van der Waals surface area contributed by atoms with Gasteiger partial charge in [0.25, 0.3) is 0 Å². The zero-order chi connectivity index (χ0) is 32.6. The average Bonchev–Trinajstić information content (AvgIpc) is 3.86. The number of para-hydroxylation sites is 1. The molecule has 4 N–H and O–H groups in total. The van der Waals surface area contributed by atoms with Crippen LogP contribution in [0.25, 0.3) is 10.9 Å². The van der Waals surface area contributed by atoms with Crippen molar-refractivity contribution < 1.29 is 42.1 Å². The Labute approximate surface area is 262 Å². The van der Waals surface area contributed by atoms with Gasteiger partial charge in [-0.1, -0.05) is 23.7 Å². The summed E-state index contributed by atoms with van der Waals surface area (Å²) in [5.74, 6) is -0.831. The van der Waals surface area contributed by atoms with Crippen LogP contribution in [0.5, 0.6) is 17.5 Å². The van der Waals surface area contributed by atoms with Gasteiger partial charge in [-0.05, 0) is 49.2 Å². The average molecular weight is 659 g/mol. The predicted molar refractivity (Wildman–Crippen MR) is 163 cm³/mol. The van der Waals surface area contributed by atoms with Crippen molar-refractivity contribution >= 4 is 62.1 Å². The highest BCUT2D eigenvalue weighted by molar-refractivity contribution is 7.91. The van der Waals surface area contributed by atoms with Gasteiger partial charge in [0.05, 0.1) is 31.0 Å². The number of halogens is 1. The van der Waals surface area contributed by atoms with Gasteiger partial charge in [0.15, 0.2) is 12.4 Å². The molecule has 0 bridgehead atoms. The highest BCUT2D eigenvalue weighted by Gasteiger charge is 2.32. The molecule has 1 aliphatic rings. The lowest BCUT2D eigenvalue weighted by Crippen LogP contribution is -2.38. The van der Waals surface area contributed by atoms with Crippen LogP contribution in [-0.4, -0.2) is 67.1 Å². The van der Waals surface area contributed by atoms with Gasteiger partial charge >= 0.3 is 22.2 Å². The van der Waals surface area contributed by atoms with Crippen LogP contribution in [-0.2, 0) is 15.0 Å². The van der Waals surface area contributed by atoms with Crippen LogP contribution >= 0.6 is 11.6 Å². The highest BCUT2D eigenvalue weighted by atomic mass is 35.5. The molecule has 0 aliphatic heterocycles. The monoisotopic (exact) mass is 658 g/mol. The van der Waals surface area contributed by atoms with Crippen molar-refractivity contribution in [2.24, 2.45) is 5.92 Å². The van der Waals surface area contributed by atoms with Crippen molar-refractivity contribution in [1.29, 1.82) is 0 Å². The summed E-state index contributed by atoms with van der Waals surface area (Å²) in [4.78, 5) is 46.7. The molecule has 4 aromatic rings. The van der Waals surface area contributed by atoms with E-state index in [1.165, 1.54) is 32.4 Å². The summed E-state index contributed by atoms with van der Waals surface area (Å²) in [5.41, 5.74) is 0.905.